The number of ether oxygens (including phenoxy) is 2. The molecule has 3 rings (SSSR count). The third-order valence-corrected chi connectivity index (χ3v) is 4.57. The first-order valence-electron chi connectivity index (χ1n) is 9.52. The number of imide groups is 1. The third-order valence-electron chi connectivity index (χ3n) is 4.57. The fraction of sp³-hybridized carbons (Fsp3) is 0.227. The molecule has 1 heterocycles. The smallest absolute Gasteiger partial charge is 0.375 e. The molecule has 0 radical (unpaired) electrons. The van der Waals surface area contributed by atoms with E-state index in [0.717, 1.165) is 4.68 Å². The number of aromatic nitrogens is 2. The van der Waals surface area contributed by atoms with Crippen molar-refractivity contribution in [1.82, 2.24) is 15.1 Å². The molecule has 1 aromatic heterocycles. The Labute approximate surface area is 185 Å². The standard InChI is InChI=1S/C22H19F4N3O4/c1-32-11-17(30)27-21(31)19-18(22(24,25)26)20(29(28-19)12-33-2)16-6-4-3-5-15(16)13-7-9-14(23)10-8-13/h3-10H,11-12H2,1-2H3,(H,27,30,31). The molecule has 174 valence electrons. The van der Waals surface area contributed by atoms with Crippen LogP contribution in [0.5, 0.6) is 0 Å². The minimum absolute atomic E-state index is 0.0863. The summed E-state index contributed by atoms with van der Waals surface area (Å²) in [6, 6.07) is 11.3. The van der Waals surface area contributed by atoms with Crippen LogP contribution in [0.2, 0.25) is 0 Å². The zero-order valence-corrected chi connectivity index (χ0v) is 17.6. The molecule has 0 spiro atoms. The Morgan fingerprint density at radius 1 is 1.00 bits per heavy atom. The van der Waals surface area contributed by atoms with Gasteiger partial charge < -0.3 is 9.47 Å². The quantitative estimate of drug-likeness (QED) is 0.536. The van der Waals surface area contributed by atoms with Crippen molar-refractivity contribution >= 4 is 11.8 Å². The summed E-state index contributed by atoms with van der Waals surface area (Å²) in [7, 11) is 2.45. The molecule has 11 heteroatoms. The molecule has 0 unspecified atom stereocenters. The van der Waals surface area contributed by atoms with E-state index in [1.807, 2.05) is 5.32 Å². The monoisotopic (exact) mass is 465 g/mol. The summed E-state index contributed by atoms with van der Waals surface area (Å²) in [6.45, 7) is -0.929. The van der Waals surface area contributed by atoms with Crippen molar-refractivity contribution in [2.45, 2.75) is 12.9 Å². The van der Waals surface area contributed by atoms with E-state index in [1.165, 1.54) is 50.6 Å². The molecule has 2 amide bonds. The topological polar surface area (TPSA) is 82.5 Å². The van der Waals surface area contributed by atoms with Crippen LogP contribution >= 0.6 is 0 Å². The van der Waals surface area contributed by atoms with Crippen molar-refractivity contribution < 1.29 is 36.6 Å². The largest absolute Gasteiger partial charge is 0.420 e. The molecule has 3 aromatic rings. The normalized spacial score (nSPS) is 11.5. The summed E-state index contributed by atoms with van der Waals surface area (Å²) < 4.78 is 66.6. The lowest BCUT2D eigenvalue weighted by atomic mass is 9.95. The van der Waals surface area contributed by atoms with E-state index in [-0.39, 0.29) is 5.56 Å². The van der Waals surface area contributed by atoms with Gasteiger partial charge >= 0.3 is 6.18 Å². The summed E-state index contributed by atoms with van der Waals surface area (Å²) in [4.78, 5) is 24.3. The lowest BCUT2D eigenvalue weighted by molar-refractivity contribution is -0.137. The second-order valence-electron chi connectivity index (χ2n) is 6.85. The Hall–Kier alpha value is -3.57. The maximum absolute atomic E-state index is 14.2. The van der Waals surface area contributed by atoms with Gasteiger partial charge in [0, 0.05) is 19.8 Å². The molecule has 2 aromatic carbocycles. The van der Waals surface area contributed by atoms with Crippen molar-refractivity contribution in [3.8, 4) is 22.4 Å². The molecule has 33 heavy (non-hydrogen) atoms. The van der Waals surface area contributed by atoms with Gasteiger partial charge in [0.25, 0.3) is 11.8 Å². The average Bonchev–Trinajstić information content (AvgIpc) is 3.14. The first kappa shape index (κ1) is 24.1. The van der Waals surface area contributed by atoms with Gasteiger partial charge in [-0.1, -0.05) is 36.4 Å². The number of halogens is 4. The first-order chi connectivity index (χ1) is 15.7. The van der Waals surface area contributed by atoms with Crippen molar-refractivity contribution in [2.24, 2.45) is 0 Å². The summed E-state index contributed by atoms with van der Waals surface area (Å²) in [5.41, 5.74) is -1.88. The summed E-state index contributed by atoms with van der Waals surface area (Å²) in [5.74, 6) is -2.76. The van der Waals surface area contributed by atoms with Crippen LogP contribution in [0.15, 0.2) is 48.5 Å². The molecule has 0 saturated heterocycles. The van der Waals surface area contributed by atoms with Crippen LogP contribution in [-0.4, -0.2) is 42.4 Å². The lowest BCUT2D eigenvalue weighted by Crippen LogP contribution is -2.34. The zero-order chi connectivity index (χ0) is 24.2. The predicted octanol–water partition coefficient (Wildman–Crippen LogP) is 3.88. The molecule has 0 aliphatic rings. The number of benzene rings is 2. The van der Waals surface area contributed by atoms with E-state index >= 15 is 0 Å². The second kappa shape index (κ2) is 9.92. The molecule has 0 aliphatic carbocycles. The maximum atomic E-state index is 14.2. The van der Waals surface area contributed by atoms with Crippen LogP contribution in [0, 0.1) is 5.82 Å². The molecule has 0 atom stereocenters. The molecule has 7 nitrogen and oxygen atoms in total. The van der Waals surface area contributed by atoms with Gasteiger partial charge in [0.15, 0.2) is 5.69 Å². The van der Waals surface area contributed by atoms with Crippen LogP contribution in [0.3, 0.4) is 0 Å². The Morgan fingerprint density at radius 2 is 1.64 bits per heavy atom. The number of carbonyl (C=O) groups excluding carboxylic acids is 2. The fourth-order valence-corrected chi connectivity index (χ4v) is 3.30. The maximum Gasteiger partial charge on any atom is 0.420 e. The predicted molar refractivity (Wildman–Crippen MR) is 109 cm³/mol. The summed E-state index contributed by atoms with van der Waals surface area (Å²) >= 11 is 0. The number of hydrogen-bond acceptors (Lipinski definition) is 5. The Morgan fingerprint density at radius 3 is 2.21 bits per heavy atom. The SMILES string of the molecule is COCC(=O)NC(=O)c1nn(COC)c(-c2ccccc2-c2ccc(F)cc2)c1C(F)(F)F. The molecule has 0 bridgehead atoms. The first-order valence-corrected chi connectivity index (χ1v) is 9.52. The van der Waals surface area contributed by atoms with E-state index in [4.69, 9.17) is 4.74 Å². The second-order valence-corrected chi connectivity index (χ2v) is 6.85. The highest BCUT2D eigenvalue weighted by Crippen LogP contribution is 2.42. The van der Waals surface area contributed by atoms with Crippen molar-refractivity contribution in [3.63, 3.8) is 0 Å². The molecule has 1 N–H and O–H groups in total. The van der Waals surface area contributed by atoms with Gasteiger partial charge in [-0.2, -0.15) is 18.3 Å². The molecular weight excluding hydrogens is 446 g/mol. The van der Waals surface area contributed by atoms with Gasteiger partial charge in [-0.15, -0.1) is 0 Å². The van der Waals surface area contributed by atoms with Gasteiger partial charge in [0.2, 0.25) is 0 Å². The highest BCUT2D eigenvalue weighted by molar-refractivity contribution is 6.06. The van der Waals surface area contributed by atoms with Crippen LogP contribution in [0.25, 0.3) is 22.4 Å². The minimum Gasteiger partial charge on any atom is -0.375 e. The molecule has 0 fully saturated rings. The van der Waals surface area contributed by atoms with Crippen molar-refractivity contribution in [3.05, 3.63) is 65.6 Å². The number of nitrogens with one attached hydrogen (secondary N) is 1. The Kier molecular flexibility index (Phi) is 7.24. The number of rotatable bonds is 7. The van der Waals surface area contributed by atoms with Crippen LogP contribution in [0.4, 0.5) is 17.6 Å². The highest BCUT2D eigenvalue weighted by Gasteiger charge is 2.43. The van der Waals surface area contributed by atoms with Gasteiger partial charge in [-0.3, -0.25) is 14.9 Å². The van der Waals surface area contributed by atoms with Gasteiger partial charge in [-0.05, 0) is 23.3 Å². The number of methoxy groups -OCH3 is 2. The van der Waals surface area contributed by atoms with E-state index in [1.54, 1.807) is 12.1 Å². The van der Waals surface area contributed by atoms with E-state index < -0.39 is 54.1 Å². The zero-order valence-electron chi connectivity index (χ0n) is 17.6. The van der Waals surface area contributed by atoms with Crippen LogP contribution < -0.4 is 5.32 Å². The Balaban J connectivity index is 2.26. The van der Waals surface area contributed by atoms with Gasteiger partial charge in [0.05, 0.1) is 5.69 Å². The number of amides is 2. The van der Waals surface area contributed by atoms with E-state index in [9.17, 15) is 27.2 Å². The average molecular weight is 465 g/mol. The highest BCUT2D eigenvalue weighted by atomic mass is 19.4. The number of carbonyl (C=O) groups is 2. The molecular formula is C22H19F4N3O4. The minimum atomic E-state index is -5.01. The lowest BCUT2D eigenvalue weighted by Gasteiger charge is -2.15. The fourth-order valence-electron chi connectivity index (χ4n) is 3.30. The third kappa shape index (κ3) is 5.26. The Bertz CT molecular complexity index is 1160. The summed E-state index contributed by atoms with van der Waals surface area (Å²) in [5, 5.41) is 5.65. The number of alkyl halides is 3. The molecule has 0 aliphatic heterocycles. The van der Waals surface area contributed by atoms with Crippen molar-refractivity contribution in [1.29, 1.82) is 0 Å². The number of nitrogens with zero attached hydrogens (tertiary/aromatic N) is 2. The number of hydrogen-bond donors (Lipinski definition) is 1. The van der Waals surface area contributed by atoms with E-state index in [2.05, 4.69) is 9.84 Å². The van der Waals surface area contributed by atoms with E-state index in [0.29, 0.717) is 11.1 Å². The van der Waals surface area contributed by atoms with Crippen molar-refractivity contribution in [2.75, 3.05) is 20.8 Å². The van der Waals surface area contributed by atoms with Gasteiger partial charge in [-0.25, -0.2) is 9.07 Å². The van der Waals surface area contributed by atoms with Crippen LogP contribution in [-0.2, 0) is 27.2 Å². The molecule has 0 saturated carbocycles. The summed E-state index contributed by atoms with van der Waals surface area (Å²) in [6.07, 6.45) is -5.01. The van der Waals surface area contributed by atoms with Gasteiger partial charge in [0.1, 0.15) is 24.7 Å². The van der Waals surface area contributed by atoms with Crippen LogP contribution in [0.1, 0.15) is 16.1 Å².